The Kier molecular flexibility index (Phi) is 2.71. The Morgan fingerprint density at radius 3 is 2.41 bits per heavy atom. The highest BCUT2D eigenvalue weighted by molar-refractivity contribution is 5.62. The van der Waals surface area contributed by atoms with Crippen molar-refractivity contribution in [3.8, 4) is 11.1 Å². The van der Waals surface area contributed by atoms with E-state index in [1.807, 2.05) is 0 Å². The number of pyridine rings is 2. The summed E-state index contributed by atoms with van der Waals surface area (Å²) in [5, 5.41) is 0. The number of nitrogens with zero attached hydrogens (tertiary/aromatic N) is 1. The summed E-state index contributed by atoms with van der Waals surface area (Å²) in [6, 6.07) is 3.78. The van der Waals surface area contributed by atoms with Crippen LogP contribution in [0.3, 0.4) is 0 Å². The SMILES string of the molecule is O=c1[nH]cc(C(F)(F)F)cc1-c1ccncc1. The van der Waals surface area contributed by atoms with Crippen molar-refractivity contribution in [2.45, 2.75) is 6.18 Å². The Bertz CT molecular complexity index is 575. The van der Waals surface area contributed by atoms with Crippen molar-refractivity contribution >= 4 is 0 Å². The summed E-state index contributed by atoms with van der Waals surface area (Å²) in [5.74, 6) is 0. The molecule has 0 aromatic carbocycles. The van der Waals surface area contributed by atoms with Gasteiger partial charge in [-0.25, -0.2) is 0 Å². The van der Waals surface area contributed by atoms with Crippen LogP contribution in [0, 0.1) is 0 Å². The van der Waals surface area contributed by atoms with E-state index in [9.17, 15) is 18.0 Å². The number of halogens is 3. The summed E-state index contributed by atoms with van der Waals surface area (Å²) < 4.78 is 37.4. The number of aromatic nitrogens is 2. The normalized spacial score (nSPS) is 11.5. The fourth-order valence-electron chi connectivity index (χ4n) is 1.39. The van der Waals surface area contributed by atoms with E-state index >= 15 is 0 Å². The summed E-state index contributed by atoms with van der Waals surface area (Å²) in [6.45, 7) is 0. The molecular weight excluding hydrogens is 233 g/mol. The molecule has 0 unspecified atom stereocenters. The van der Waals surface area contributed by atoms with Gasteiger partial charge >= 0.3 is 6.18 Å². The van der Waals surface area contributed by atoms with E-state index in [1.54, 1.807) is 0 Å². The van der Waals surface area contributed by atoms with Gasteiger partial charge in [0.2, 0.25) is 0 Å². The molecule has 0 saturated carbocycles. The predicted octanol–water partition coefficient (Wildman–Crippen LogP) is 2.46. The van der Waals surface area contributed by atoms with Gasteiger partial charge in [0.05, 0.1) is 5.56 Å². The smallest absolute Gasteiger partial charge is 0.328 e. The molecule has 0 atom stereocenters. The monoisotopic (exact) mass is 240 g/mol. The van der Waals surface area contributed by atoms with E-state index < -0.39 is 17.3 Å². The standard InChI is InChI=1S/C11H7F3N2O/c12-11(13,14)8-5-9(10(17)16-6-8)7-1-3-15-4-2-7/h1-6H,(H,16,17). The van der Waals surface area contributed by atoms with Gasteiger partial charge in [0.25, 0.3) is 5.56 Å². The zero-order chi connectivity index (χ0) is 12.5. The molecule has 0 aliphatic heterocycles. The molecule has 2 heterocycles. The third kappa shape index (κ3) is 2.35. The van der Waals surface area contributed by atoms with Crippen LogP contribution in [0.15, 0.2) is 41.6 Å². The zero-order valence-electron chi connectivity index (χ0n) is 8.45. The Morgan fingerprint density at radius 1 is 1.18 bits per heavy atom. The number of alkyl halides is 3. The fourth-order valence-corrected chi connectivity index (χ4v) is 1.39. The Labute approximate surface area is 94.0 Å². The quantitative estimate of drug-likeness (QED) is 0.832. The van der Waals surface area contributed by atoms with E-state index in [1.165, 1.54) is 24.5 Å². The average molecular weight is 240 g/mol. The maximum atomic E-state index is 12.5. The van der Waals surface area contributed by atoms with E-state index in [0.717, 1.165) is 6.07 Å². The van der Waals surface area contributed by atoms with Gasteiger partial charge in [-0.05, 0) is 23.8 Å². The molecule has 88 valence electrons. The van der Waals surface area contributed by atoms with Gasteiger partial charge in [0.1, 0.15) is 0 Å². The molecule has 2 aromatic rings. The minimum absolute atomic E-state index is 0.0257. The molecule has 17 heavy (non-hydrogen) atoms. The van der Waals surface area contributed by atoms with E-state index in [4.69, 9.17) is 0 Å². The van der Waals surface area contributed by atoms with Gasteiger partial charge in [-0.2, -0.15) is 13.2 Å². The van der Waals surface area contributed by atoms with Gasteiger partial charge in [-0.3, -0.25) is 9.78 Å². The van der Waals surface area contributed by atoms with Gasteiger partial charge in [-0.15, -0.1) is 0 Å². The van der Waals surface area contributed by atoms with Crippen LogP contribution in [0.2, 0.25) is 0 Å². The summed E-state index contributed by atoms with van der Waals surface area (Å²) in [5.41, 5.74) is -1.08. The van der Waals surface area contributed by atoms with Crippen molar-refractivity contribution in [2.24, 2.45) is 0 Å². The van der Waals surface area contributed by atoms with Gasteiger partial charge < -0.3 is 4.98 Å². The molecule has 6 heteroatoms. The summed E-state index contributed by atoms with van der Waals surface area (Å²) in [6.07, 6.45) is -0.997. The lowest BCUT2D eigenvalue weighted by Gasteiger charge is -2.07. The Balaban J connectivity index is 2.59. The number of H-pyrrole nitrogens is 1. The van der Waals surface area contributed by atoms with Gasteiger partial charge in [0, 0.05) is 24.2 Å². The highest BCUT2D eigenvalue weighted by Gasteiger charge is 2.31. The first-order chi connectivity index (χ1) is 7.98. The second-order valence-electron chi connectivity index (χ2n) is 3.36. The third-order valence-electron chi connectivity index (χ3n) is 2.22. The first kappa shape index (κ1) is 11.4. The van der Waals surface area contributed by atoms with Crippen LogP contribution in [0.4, 0.5) is 13.2 Å². The van der Waals surface area contributed by atoms with Crippen molar-refractivity contribution in [2.75, 3.05) is 0 Å². The topological polar surface area (TPSA) is 45.8 Å². The highest BCUT2D eigenvalue weighted by atomic mass is 19.4. The molecule has 0 aliphatic rings. The molecule has 0 amide bonds. The summed E-state index contributed by atoms with van der Waals surface area (Å²) in [4.78, 5) is 17.3. The number of aromatic amines is 1. The minimum atomic E-state index is -4.48. The molecule has 3 nitrogen and oxygen atoms in total. The second kappa shape index (κ2) is 4.04. The molecule has 0 fully saturated rings. The van der Waals surface area contributed by atoms with E-state index in [0.29, 0.717) is 11.8 Å². The number of rotatable bonds is 1. The highest BCUT2D eigenvalue weighted by Crippen LogP contribution is 2.29. The largest absolute Gasteiger partial charge is 0.417 e. The third-order valence-corrected chi connectivity index (χ3v) is 2.22. The van der Waals surface area contributed by atoms with Crippen molar-refractivity contribution < 1.29 is 13.2 Å². The summed E-state index contributed by atoms with van der Waals surface area (Å²) in [7, 11) is 0. The van der Waals surface area contributed by atoms with Crippen molar-refractivity contribution in [3.05, 3.63) is 52.7 Å². The lowest BCUT2D eigenvalue weighted by molar-refractivity contribution is -0.137. The average Bonchev–Trinajstić information content (AvgIpc) is 2.29. The lowest BCUT2D eigenvalue weighted by Crippen LogP contribution is -2.14. The van der Waals surface area contributed by atoms with Crippen LogP contribution in [0.5, 0.6) is 0 Å². The van der Waals surface area contributed by atoms with Crippen LogP contribution < -0.4 is 5.56 Å². The molecule has 0 radical (unpaired) electrons. The molecule has 0 saturated heterocycles. The zero-order valence-corrected chi connectivity index (χ0v) is 8.45. The fraction of sp³-hybridized carbons (Fsp3) is 0.0909. The van der Waals surface area contributed by atoms with Crippen LogP contribution in [0.1, 0.15) is 5.56 Å². The molecule has 1 N–H and O–H groups in total. The van der Waals surface area contributed by atoms with Crippen LogP contribution in [-0.2, 0) is 6.18 Å². The Morgan fingerprint density at radius 2 is 1.82 bits per heavy atom. The van der Waals surface area contributed by atoms with Crippen LogP contribution >= 0.6 is 0 Å². The first-order valence-electron chi connectivity index (χ1n) is 4.69. The minimum Gasteiger partial charge on any atom is -0.328 e. The molecule has 2 aromatic heterocycles. The van der Waals surface area contributed by atoms with Crippen molar-refractivity contribution in [3.63, 3.8) is 0 Å². The van der Waals surface area contributed by atoms with Crippen molar-refractivity contribution in [1.82, 2.24) is 9.97 Å². The number of nitrogens with one attached hydrogen (secondary N) is 1. The van der Waals surface area contributed by atoms with Crippen LogP contribution in [0.25, 0.3) is 11.1 Å². The predicted molar refractivity (Wildman–Crippen MR) is 55.3 cm³/mol. The van der Waals surface area contributed by atoms with E-state index in [2.05, 4.69) is 9.97 Å². The van der Waals surface area contributed by atoms with Crippen LogP contribution in [-0.4, -0.2) is 9.97 Å². The van der Waals surface area contributed by atoms with Gasteiger partial charge in [0.15, 0.2) is 0 Å². The second-order valence-corrected chi connectivity index (χ2v) is 3.36. The van der Waals surface area contributed by atoms with Gasteiger partial charge in [-0.1, -0.05) is 0 Å². The summed E-state index contributed by atoms with van der Waals surface area (Å²) >= 11 is 0. The molecule has 2 rings (SSSR count). The maximum Gasteiger partial charge on any atom is 0.417 e. The number of hydrogen-bond acceptors (Lipinski definition) is 2. The maximum absolute atomic E-state index is 12.5. The molecule has 0 spiro atoms. The lowest BCUT2D eigenvalue weighted by atomic mass is 10.1. The number of hydrogen-bond donors (Lipinski definition) is 1. The Hall–Kier alpha value is -2.11. The first-order valence-corrected chi connectivity index (χ1v) is 4.69. The molecule has 0 bridgehead atoms. The van der Waals surface area contributed by atoms with Crippen molar-refractivity contribution in [1.29, 1.82) is 0 Å². The molecule has 0 aliphatic carbocycles. The van der Waals surface area contributed by atoms with E-state index in [-0.39, 0.29) is 5.56 Å². The molecular formula is C11H7F3N2O.